The molecule has 1 fully saturated rings. The molecule has 1 aliphatic heterocycles. The Labute approximate surface area is 112 Å². The van der Waals surface area contributed by atoms with E-state index in [1.165, 1.54) is 41.7 Å². The topological polar surface area (TPSA) is 29.3 Å². The van der Waals surface area contributed by atoms with Gasteiger partial charge in [-0.15, -0.1) is 0 Å². The van der Waals surface area contributed by atoms with Crippen molar-refractivity contribution in [3.05, 3.63) is 28.2 Å². The van der Waals surface area contributed by atoms with Gasteiger partial charge in [-0.3, -0.25) is 0 Å². The zero-order chi connectivity index (χ0) is 12.5. The van der Waals surface area contributed by atoms with Crippen molar-refractivity contribution in [2.24, 2.45) is 5.73 Å². The lowest BCUT2D eigenvalue weighted by molar-refractivity contribution is 0.516. The molecule has 94 valence electrons. The van der Waals surface area contributed by atoms with Crippen LogP contribution in [0.2, 0.25) is 0 Å². The van der Waals surface area contributed by atoms with Crippen molar-refractivity contribution in [2.45, 2.75) is 38.6 Å². The summed E-state index contributed by atoms with van der Waals surface area (Å²) in [5, 5.41) is 0. The van der Waals surface area contributed by atoms with Crippen LogP contribution in [-0.2, 0) is 6.42 Å². The van der Waals surface area contributed by atoms with Crippen molar-refractivity contribution in [3.63, 3.8) is 0 Å². The highest BCUT2D eigenvalue weighted by Crippen LogP contribution is 2.30. The Bertz CT molecular complexity index is 390. The van der Waals surface area contributed by atoms with Gasteiger partial charge in [0.1, 0.15) is 0 Å². The lowest BCUT2D eigenvalue weighted by Crippen LogP contribution is -2.34. The standard InChI is InChI=1S/C14H21BrN2/c1-14(2,16)10-11-5-6-13(12(15)9-11)17-7-3-4-8-17/h5-6,9H,3-4,7-8,10,16H2,1-2H3. The normalized spacial score (nSPS) is 16.6. The van der Waals surface area contributed by atoms with E-state index in [2.05, 4.69) is 52.9 Å². The van der Waals surface area contributed by atoms with Gasteiger partial charge in [0.05, 0.1) is 5.69 Å². The van der Waals surface area contributed by atoms with Gasteiger partial charge in [0, 0.05) is 23.1 Å². The summed E-state index contributed by atoms with van der Waals surface area (Å²) in [7, 11) is 0. The molecule has 17 heavy (non-hydrogen) atoms. The van der Waals surface area contributed by atoms with Crippen molar-refractivity contribution >= 4 is 21.6 Å². The minimum Gasteiger partial charge on any atom is -0.371 e. The Balaban J connectivity index is 2.16. The van der Waals surface area contributed by atoms with Gasteiger partial charge in [-0.05, 0) is 66.7 Å². The number of hydrogen-bond acceptors (Lipinski definition) is 2. The Morgan fingerprint density at radius 1 is 1.29 bits per heavy atom. The summed E-state index contributed by atoms with van der Waals surface area (Å²) in [6.07, 6.45) is 3.53. The molecule has 0 saturated carbocycles. The van der Waals surface area contributed by atoms with E-state index in [4.69, 9.17) is 5.73 Å². The molecule has 0 unspecified atom stereocenters. The maximum atomic E-state index is 6.05. The van der Waals surface area contributed by atoms with E-state index in [0.29, 0.717) is 0 Å². The van der Waals surface area contributed by atoms with Gasteiger partial charge in [0.25, 0.3) is 0 Å². The Kier molecular flexibility index (Phi) is 3.79. The SMILES string of the molecule is CC(C)(N)Cc1ccc(N2CCCC2)c(Br)c1. The molecular weight excluding hydrogens is 276 g/mol. The number of halogens is 1. The largest absolute Gasteiger partial charge is 0.371 e. The molecule has 0 aliphatic carbocycles. The summed E-state index contributed by atoms with van der Waals surface area (Å²) in [5.74, 6) is 0. The molecule has 0 aromatic heterocycles. The third-order valence-corrected chi connectivity index (χ3v) is 3.75. The molecule has 0 amide bonds. The van der Waals surface area contributed by atoms with Gasteiger partial charge in [-0.25, -0.2) is 0 Å². The van der Waals surface area contributed by atoms with Gasteiger partial charge in [0.2, 0.25) is 0 Å². The van der Waals surface area contributed by atoms with Crippen molar-refractivity contribution < 1.29 is 0 Å². The summed E-state index contributed by atoms with van der Waals surface area (Å²) in [4.78, 5) is 2.45. The first kappa shape index (κ1) is 12.9. The molecule has 1 heterocycles. The van der Waals surface area contributed by atoms with Crippen LogP contribution in [0.15, 0.2) is 22.7 Å². The lowest BCUT2D eigenvalue weighted by Gasteiger charge is -2.22. The van der Waals surface area contributed by atoms with Gasteiger partial charge in [0.15, 0.2) is 0 Å². The van der Waals surface area contributed by atoms with Gasteiger partial charge >= 0.3 is 0 Å². The molecule has 1 aliphatic rings. The Morgan fingerprint density at radius 2 is 1.94 bits per heavy atom. The fourth-order valence-electron chi connectivity index (χ4n) is 2.40. The average Bonchev–Trinajstić information content (AvgIpc) is 2.68. The number of anilines is 1. The highest BCUT2D eigenvalue weighted by Gasteiger charge is 2.16. The van der Waals surface area contributed by atoms with Crippen LogP contribution >= 0.6 is 15.9 Å². The van der Waals surface area contributed by atoms with Crippen LogP contribution in [-0.4, -0.2) is 18.6 Å². The summed E-state index contributed by atoms with van der Waals surface area (Å²) in [5.41, 5.74) is 8.53. The molecule has 0 radical (unpaired) electrons. The molecule has 2 N–H and O–H groups in total. The number of nitrogens with zero attached hydrogens (tertiary/aromatic N) is 1. The zero-order valence-corrected chi connectivity index (χ0v) is 12.3. The summed E-state index contributed by atoms with van der Waals surface area (Å²) < 4.78 is 1.20. The monoisotopic (exact) mass is 296 g/mol. The van der Waals surface area contributed by atoms with E-state index in [0.717, 1.165) is 6.42 Å². The summed E-state index contributed by atoms with van der Waals surface area (Å²) in [6, 6.07) is 6.63. The maximum absolute atomic E-state index is 6.05. The van der Waals surface area contributed by atoms with Crippen molar-refractivity contribution in [3.8, 4) is 0 Å². The van der Waals surface area contributed by atoms with E-state index < -0.39 is 0 Å². The summed E-state index contributed by atoms with van der Waals surface area (Å²) in [6.45, 7) is 6.49. The molecule has 3 heteroatoms. The second kappa shape index (κ2) is 4.99. The second-order valence-electron chi connectivity index (χ2n) is 5.65. The van der Waals surface area contributed by atoms with E-state index in [1.54, 1.807) is 0 Å². The number of nitrogens with two attached hydrogens (primary N) is 1. The fraction of sp³-hybridized carbons (Fsp3) is 0.571. The van der Waals surface area contributed by atoms with E-state index in [-0.39, 0.29) is 5.54 Å². The average molecular weight is 297 g/mol. The Hall–Kier alpha value is -0.540. The first-order valence-electron chi connectivity index (χ1n) is 6.28. The van der Waals surface area contributed by atoms with Gasteiger partial charge in [-0.2, -0.15) is 0 Å². The number of benzene rings is 1. The number of rotatable bonds is 3. The molecule has 0 bridgehead atoms. The van der Waals surface area contributed by atoms with Gasteiger partial charge < -0.3 is 10.6 Å². The fourth-order valence-corrected chi connectivity index (χ4v) is 3.08. The van der Waals surface area contributed by atoms with Crippen LogP contribution in [0.1, 0.15) is 32.3 Å². The quantitative estimate of drug-likeness (QED) is 0.927. The van der Waals surface area contributed by atoms with Crippen molar-refractivity contribution in [1.82, 2.24) is 0 Å². The third-order valence-electron chi connectivity index (χ3n) is 3.12. The smallest absolute Gasteiger partial charge is 0.0510 e. The third kappa shape index (κ3) is 3.46. The second-order valence-corrected chi connectivity index (χ2v) is 6.50. The molecule has 2 nitrogen and oxygen atoms in total. The molecule has 0 spiro atoms. The minimum atomic E-state index is -0.144. The van der Waals surface area contributed by atoms with Crippen LogP contribution < -0.4 is 10.6 Å². The highest BCUT2D eigenvalue weighted by molar-refractivity contribution is 9.10. The van der Waals surface area contributed by atoms with Crippen LogP contribution in [0.3, 0.4) is 0 Å². The molecule has 1 saturated heterocycles. The first-order valence-corrected chi connectivity index (χ1v) is 7.07. The first-order chi connectivity index (χ1) is 7.96. The maximum Gasteiger partial charge on any atom is 0.0510 e. The zero-order valence-electron chi connectivity index (χ0n) is 10.7. The molecule has 1 aromatic rings. The molecular formula is C14H21BrN2. The van der Waals surface area contributed by atoms with Crippen LogP contribution in [0.25, 0.3) is 0 Å². The van der Waals surface area contributed by atoms with Crippen molar-refractivity contribution in [1.29, 1.82) is 0 Å². The molecule has 1 aromatic carbocycles. The number of hydrogen-bond donors (Lipinski definition) is 1. The molecule has 0 atom stereocenters. The van der Waals surface area contributed by atoms with Gasteiger partial charge in [-0.1, -0.05) is 6.07 Å². The summed E-state index contributed by atoms with van der Waals surface area (Å²) >= 11 is 3.68. The highest BCUT2D eigenvalue weighted by atomic mass is 79.9. The minimum absolute atomic E-state index is 0.144. The van der Waals surface area contributed by atoms with Crippen LogP contribution in [0.4, 0.5) is 5.69 Å². The van der Waals surface area contributed by atoms with E-state index >= 15 is 0 Å². The van der Waals surface area contributed by atoms with Crippen molar-refractivity contribution in [2.75, 3.05) is 18.0 Å². The Morgan fingerprint density at radius 3 is 2.47 bits per heavy atom. The predicted octanol–water partition coefficient (Wildman–Crippen LogP) is 3.33. The van der Waals surface area contributed by atoms with E-state index in [9.17, 15) is 0 Å². The van der Waals surface area contributed by atoms with E-state index in [1.807, 2.05) is 0 Å². The predicted molar refractivity (Wildman–Crippen MR) is 77.6 cm³/mol. The lowest BCUT2D eigenvalue weighted by atomic mass is 9.96. The van der Waals surface area contributed by atoms with Crippen LogP contribution in [0, 0.1) is 0 Å². The van der Waals surface area contributed by atoms with Crippen LogP contribution in [0.5, 0.6) is 0 Å². The molecule has 2 rings (SSSR count).